The van der Waals surface area contributed by atoms with E-state index >= 15 is 0 Å². The summed E-state index contributed by atoms with van der Waals surface area (Å²) in [5.41, 5.74) is 2.34. The van der Waals surface area contributed by atoms with Crippen molar-refractivity contribution < 1.29 is 0 Å². The average Bonchev–Trinajstić information content (AvgIpc) is 2.64. The monoisotopic (exact) mass is 242 g/mol. The van der Waals surface area contributed by atoms with Gasteiger partial charge in [-0.05, 0) is 33.8 Å². The largest absolute Gasteiger partial charge is 0.344 e. The predicted octanol–water partition coefficient (Wildman–Crippen LogP) is 3.21. The molecule has 4 heteroatoms. The lowest BCUT2D eigenvalue weighted by molar-refractivity contribution is 1.31. The van der Waals surface area contributed by atoms with Crippen molar-refractivity contribution in [1.82, 2.24) is 9.97 Å². The summed E-state index contributed by atoms with van der Waals surface area (Å²) in [7, 11) is 0. The first-order valence-electron chi connectivity index (χ1n) is 3.51. The molecule has 0 amide bonds. The minimum Gasteiger partial charge on any atom is -0.344 e. The Bertz CT molecular complexity index is 378. The van der Waals surface area contributed by atoms with Gasteiger partial charge < -0.3 is 4.98 Å². The van der Waals surface area contributed by atoms with Gasteiger partial charge in [-0.2, -0.15) is 0 Å². The summed E-state index contributed by atoms with van der Waals surface area (Å²) in [5, 5.41) is 2.13. The van der Waals surface area contributed by atoms with Crippen LogP contribution in [0.1, 0.15) is 5.56 Å². The molecule has 1 N–H and O–H groups in total. The Labute approximate surface area is 82.8 Å². The third-order valence-electron chi connectivity index (χ3n) is 1.64. The first kappa shape index (κ1) is 8.01. The maximum Gasteiger partial charge on any atom is 0.0924 e. The van der Waals surface area contributed by atoms with E-state index in [1.807, 2.05) is 6.20 Å². The van der Waals surface area contributed by atoms with Gasteiger partial charge in [-0.1, -0.05) is 0 Å². The lowest BCUT2D eigenvalue weighted by Crippen LogP contribution is -1.72. The number of nitrogens with zero attached hydrogens (tertiary/aromatic N) is 1. The molecule has 12 heavy (non-hydrogen) atoms. The Morgan fingerprint density at radius 3 is 2.92 bits per heavy atom. The highest BCUT2D eigenvalue weighted by molar-refractivity contribution is 9.10. The average molecular weight is 243 g/mol. The Kier molecular flexibility index (Phi) is 2.02. The van der Waals surface area contributed by atoms with Gasteiger partial charge in [0.1, 0.15) is 0 Å². The van der Waals surface area contributed by atoms with E-state index in [1.54, 1.807) is 17.7 Å². The Morgan fingerprint density at radius 2 is 2.42 bits per heavy atom. The van der Waals surface area contributed by atoms with E-state index in [9.17, 15) is 0 Å². The van der Waals surface area contributed by atoms with Crippen LogP contribution in [-0.2, 0) is 0 Å². The summed E-state index contributed by atoms with van der Waals surface area (Å²) in [6.07, 6.45) is 3.52. The summed E-state index contributed by atoms with van der Waals surface area (Å²) >= 11 is 5.25. The Balaban J connectivity index is 2.55. The van der Waals surface area contributed by atoms with Crippen molar-refractivity contribution in [3.05, 3.63) is 27.9 Å². The van der Waals surface area contributed by atoms with Crippen LogP contribution in [-0.4, -0.2) is 9.97 Å². The SMILES string of the molecule is Cc1csc(-c2cnc[nH]2)c1Br. The van der Waals surface area contributed by atoms with Crippen LogP contribution in [0.15, 0.2) is 22.4 Å². The second-order valence-electron chi connectivity index (χ2n) is 2.53. The molecule has 0 aliphatic carbocycles. The number of rotatable bonds is 1. The van der Waals surface area contributed by atoms with Gasteiger partial charge in [-0.25, -0.2) is 4.98 Å². The maximum absolute atomic E-state index is 3.98. The Hall–Kier alpha value is -0.610. The van der Waals surface area contributed by atoms with Crippen LogP contribution >= 0.6 is 27.3 Å². The number of imidazole rings is 1. The highest BCUT2D eigenvalue weighted by atomic mass is 79.9. The topological polar surface area (TPSA) is 28.7 Å². The molecule has 0 aliphatic heterocycles. The Morgan fingerprint density at radius 1 is 1.58 bits per heavy atom. The van der Waals surface area contributed by atoms with Crippen molar-refractivity contribution in [1.29, 1.82) is 0 Å². The molecular formula is C8H7BrN2S. The molecule has 2 aromatic rings. The fourth-order valence-electron chi connectivity index (χ4n) is 0.992. The van der Waals surface area contributed by atoms with Crippen LogP contribution in [0.25, 0.3) is 10.6 Å². The lowest BCUT2D eigenvalue weighted by Gasteiger charge is -1.92. The van der Waals surface area contributed by atoms with Gasteiger partial charge in [0.2, 0.25) is 0 Å². The van der Waals surface area contributed by atoms with Gasteiger partial charge in [0.15, 0.2) is 0 Å². The standard InChI is InChI=1S/C8H7BrN2S/c1-5-3-12-8(7(5)9)6-2-10-4-11-6/h2-4H,1H3,(H,10,11). The quantitative estimate of drug-likeness (QED) is 0.818. The molecule has 0 bridgehead atoms. The van der Waals surface area contributed by atoms with Crippen LogP contribution in [0.2, 0.25) is 0 Å². The maximum atomic E-state index is 3.98. The highest BCUT2D eigenvalue weighted by Gasteiger charge is 2.08. The van der Waals surface area contributed by atoms with Crippen LogP contribution in [0.5, 0.6) is 0 Å². The third-order valence-corrected chi connectivity index (χ3v) is 4.06. The van der Waals surface area contributed by atoms with Gasteiger partial charge in [-0.3, -0.25) is 0 Å². The van der Waals surface area contributed by atoms with Gasteiger partial charge in [0.05, 0.1) is 23.1 Å². The molecule has 0 saturated heterocycles. The summed E-state index contributed by atoms with van der Waals surface area (Å²) in [6, 6.07) is 0. The van der Waals surface area contributed by atoms with E-state index in [4.69, 9.17) is 0 Å². The number of aromatic nitrogens is 2. The van der Waals surface area contributed by atoms with Gasteiger partial charge >= 0.3 is 0 Å². The zero-order chi connectivity index (χ0) is 8.55. The van der Waals surface area contributed by atoms with Crippen molar-refractivity contribution in [2.45, 2.75) is 6.92 Å². The van der Waals surface area contributed by atoms with Gasteiger partial charge in [-0.15, -0.1) is 11.3 Å². The van der Waals surface area contributed by atoms with E-state index in [1.165, 1.54) is 10.4 Å². The van der Waals surface area contributed by atoms with Crippen molar-refractivity contribution in [2.24, 2.45) is 0 Å². The smallest absolute Gasteiger partial charge is 0.0924 e. The second-order valence-corrected chi connectivity index (χ2v) is 4.20. The molecule has 0 fully saturated rings. The van der Waals surface area contributed by atoms with Crippen molar-refractivity contribution in [3.63, 3.8) is 0 Å². The fourth-order valence-corrected chi connectivity index (χ4v) is 2.67. The molecule has 2 heterocycles. The molecule has 2 aromatic heterocycles. The molecule has 0 radical (unpaired) electrons. The molecule has 2 rings (SSSR count). The number of hydrogen-bond donors (Lipinski definition) is 1. The zero-order valence-corrected chi connectivity index (χ0v) is 8.87. The van der Waals surface area contributed by atoms with Crippen LogP contribution in [0.3, 0.4) is 0 Å². The van der Waals surface area contributed by atoms with E-state index < -0.39 is 0 Å². The summed E-state index contributed by atoms with van der Waals surface area (Å²) in [4.78, 5) is 8.27. The molecule has 62 valence electrons. The number of thiophene rings is 1. The second kappa shape index (κ2) is 3.03. The van der Waals surface area contributed by atoms with Crippen molar-refractivity contribution >= 4 is 27.3 Å². The lowest BCUT2D eigenvalue weighted by atomic mass is 10.3. The molecular weight excluding hydrogens is 236 g/mol. The minimum atomic E-state index is 1.07. The first-order valence-corrected chi connectivity index (χ1v) is 5.18. The van der Waals surface area contributed by atoms with E-state index in [0.29, 0.717) is 0 Å². The van der Waals surface area contributed by atoms with Crippen LogP contribution < -0.4 is 0 Å². The number of nitrogens with one attached hydrogen (secondary N) is 1. The molecule has 0 aromatic carbocycles. The molecule has 0 atom stereocenters. The van der Waals surface area contributed by atoms with E-state index in [-0.39, 0.29) is 0 Å². The van der Waals surface area contributed by atoms with Crippen LogP contribution in [0.4, 0.5) is 0 Å². The van der Waals surface area contributed by atoms with E-state index in [2.05, 4.69) is 38.2 Å². The third kappa shape index (κ3) is 1.21. The molecule has 0 aliphatic rings. The van der Waals surface area contributed by atoms with Crippen molar-refractivity contribution in [3.8, 4) is 10.6 Å². The number of H-pyrrole nitrogens is 1. The first-order chi connectivity index (χ1) is 5.79. The number of aromatic amines is 1. The summed E-state index contributed by atoms with van der Waals surface area (Å²) < 4.78 is 1.16. The normalized spacial score (nSPS) is 10.5. The number of halogens is 1. The van der Waals surface area contributed by atoms with Gasteiger partial charge in [0.25, 0.3) is 0 Å². The number of hydrogen-bond acceptors (Lipinski definition) is 2. The fraction of sp³-hybridized carbons (Fsp3) is 0.125. The predicted molar refractivity (Wildman–Crippen MR) is 54.3 cm³/mol. The van der Waals surface area contributed by atoms with Crippen LogP contribution in [0, 0.1) is 6.92 Å². The summed E-state index contributed by atoms with van der Waals surface area (Å²) in [6.45, 7) is 2.08. The molecule has 0 unspecified atom stereocenters. The van der Waals surface area contributed by atoms with E-state index in [0.717, 1.165) is 10.2 Å². The molecule has 0 spiro atoms. The van der Waals surface area contributed by atoms with Crippen molar-refractivity contribution in [2.75, 3.05) is 0 Å². The minimum absolute atomic E-state index is 1.07. The van der Waals surface area contributed by atoms with Gasteiger partial charge in [0, 0.05) is 4.47 Å². The molecule has 2 nitrogen and oxygen atoms in total. The zero-order valence-electron chi connectivity index (χ0n) is 6.47. The molecule has 0 saturated carbocycles. The summed E-state index contributed by atoms with van der Waals surface area (Å²) in [5.74, 6) is 0. The highest BCUT2D eigenvalue weighted by Crippen LogP contribution is 2.35. The number of aryl methyl sites for hydroxylation is 1.